The van der Waals surface area contributed by atoms with E-state index in [1.54, 1.807) is 18.4 Å². The zero-order chi connectivity index (χ0) is 20.9. The summed E-state index contributed by atoms with van der Waals surface area (Å²) < 4.78 is 11.6. The van der Waals surface area contributed by atoms with Crippen LogP contribution in [0.1, 0.15) is 49.0 Å². The summed E-state index contributed by atoms with van der Waals surface area (Å²) in [5, 5.41) is 9.98. The maximum absolute atomic E-state index is 6.18. The van der Waals surface area contributed by atoms with Gasteiger partial charge in [-0.3, -0.25) is 4.99 Å². The molecule has 1 fully saturated rings. The fraction of sp³-hybridized carbons (Fsp3) is 0.545. The molecule has 1 aromatic heterocycles. The average molecular weight is 417 g/mol. The fourth-order valence-electron chi connectivity index (χ4n) is 3.01. The Morgan fingerprint density at radius 2 is 2.10 bits per heavy atom. The van der Waals surface area contributed by atoms with Crippen LogP contribution in [0.25, 0.3) is 0 Å². The number of nitrogens with zero attached hydrogens (tertiary/aromatic N) is 2. The molecule has 3 rings (SSSR count). The molecule has 1 aromatic carbocycles. The van der Waals surface area contributed by atoms with Crippen molar-refractivity contribution in [3.63, 3.8) is 0 Å². The number of ether oxygens (including phenoxy) is 2. The van der Waals surface area contributed by atoms with Crippen LogP contribution in [0, 0.1) is 6.92 Å². The van der Waals surface area contributed by atoms with E-state index < -0.39 is 0 Å². The van der Waals surface area contributed by atoms with Crippen LogP contribution in [-0.2, 0) is 23.2 Å². The van der Waals surface area contributed by atoms with E-state index in [1.165, 1.54) is 5.56 Å². The Balaban J connectivity index is 1.57. The van der Waals surface area contributed by atoms with Crippen LogP contribution in [0.4, 0.5) is 0 Å². The monoisotopic (exact) mass is 416 g/mol. The number of hydrogen-bond acceptors (Lipinski definition) is 5. The van der Waals surface area contributed by atoms with Crippen molar-refractivity contribution in [3.05, 3.63) is 45.4 Å². The van der Waals surface area contributed by atoms with Gasteiger partial charge in [0.1, 0.15) is 11.9 Å². The Hall–Kier alpha value is -2.12. The summed E-state index contributed by atoms with van der Waals surface area (Å²) in [7, 11) is 1.78. The van der Waals surface area contributed by atoms with Gasteiger partial charge in [0.05, 0.1) is 30.5 Å². The van der Waals surface area contributed by atoms with E-state index in [4.69, 9.17) is 14.5 Å². The van der Waals surface area contributed by atoms with Gasteiger partial charge in [-0.1, -0.05) is 32.9 Å². The summed E-state index contributed by atoms with van der Waals surface area (Å²) in [6, 6.07) is 6.31. The minimum Gasteiger partial charge on any atom is -0.488 e. The summed E-state index contributed by atoms with van der Waals surface area (Å²) >= 11 is 1.71. The lowest BCUT2D eigenvalue weighted by Crippen LogP contribution is -2.36. The average Bonchev–Trinajstić information content (AvgIpc) is 3.35. The van der Waals surface area contributed by atoms with E-state index in [0.717, 1.165) is 41.0 Å². The van der Waals surface area contributed by atoms with Crippen molar-refractivity contribution in [3.8, 4) is 5.75 Å². The molecule has 7 heteroatoms. The molecule has 0 aliphatic carbocycles. The van der Waals surface area contributed by atoms with Crippen molar-refractivity contribution in [2.75, 3.05) is 20.3 Å². The number of benzene rings is 1. The second-order valence-corrected chi connectivity index (χ2v) is 9.25. The lowest BCUT2D eigenvalue weighted by Gasteiger charge is -2.18. The third-order valence-electron chi connectivity index (χ3n) is 4.70. The van der Waals surface area contributed by atoms with Crippen LogP contribution in [0.5, 0.6) is 5.75 Å². The Labute approximate surface area is 177 Å². The van der Waals surface area contributed by atoms with Gasteiger partial charge in [-0.15, -0.1) is 11.3 Å². The highest BCUT2D eigenvalue weighted by atomic mass is 32.1. The first-order chi connectivity index (χ1) is 13.8. The predicted molar refractivity (Wildman–Crippen MR) is 119 cm³/mol. The third-order valence-corrected chi connectivity index (χ3v) is 6.02. The van der Waals surface area contributed by atoms with Gasteiger partial charge < -0.3 is 20.1 Å². The van der Waals surface area contributed by atoms with Crippen LogP contribution >= 0.6 is 11.3 Å². The SMILES string of the molecule is CN=C(NCc1csc(C(C)(C)C)n1)NCc1ccc(C)cc1OC1CCOC1. The molecule has 2 aromatic rings. The second kappa shape index (κ2) is 9.59. The summed E-state index contributed by atoms with van der Waals surface area (Å²) in [4.78, 5) is 9.06. The molecule has 29 heavy (non-hydrogen) atoms. The molecule has 0 spiro atoms. The van der Waals surface area contributed by atoms with Gasteiger partial charge in [0.2, 0.25) is 0 Å². The first-order valence-electron chi connectivity index (χ1n) is 10.1. The molecule has 0 radical (unpaired) electrons. The quantitative estimate of drug-likeness (QED) is 0.554. The molecule has 1 unspecified atom stereocenters. The summed E-state index contributed by atoms with van der Waals surface area (Å²) in [6.07, 6.45) is 1.07. The molecular formula is C22H32N4O2S. The van der Waals surface area contributed by atoms with Crippen molar-refractivity contribution in [2.45, 2.75) is 58.7 Å². The zero-order valence-electron chi connectivity index (χ0n) is 18.0. The van der Waals surface area contributed by atoms with Gasteiger partial charge in [-0.25, -0.2) is 4.98 Å². The van der Waals surface area contributed by atoms with E-state index >= 15 is 0 Å². The standard InChI is InChI=1S/C22H32N4O2S/c1-15-6-7-16(19(10-15)28-18-8-9-27-13-18)11-24-21(23-5)25-12-17-14-29-20(26-17)22(2,3)4/h6-7,10,14,18H,8-9,11-13H2,1-5H3,(H2,23,24,25). The van der Waals surface area contributed by atoms with Crippen LogP contribution in [0.3, 0.4) is 0 Å². The molecular weight excluding hydrogens is 384 g/mol. The molecule has 1 atom stereocenters. The highest BCUT2D eigenvalue weighted by molar-refractivity contribution is 7.09. The van der Waals surface area contributed by atoms with E-state index in [-0.39, 0.29) is 11.5 Å². The number of aromatic nitrogens is 1. The molecule has 158 valence electrons. The minimum absolute atomic E-state index is 0.0784. The lowest BCUT2D eigenvalue weighted by atomic mass is 9.98. The van der Waals surface area contributed by atoms with Crippen molar-refractivity contribution in [2.24, 2.45) is 4.99 Å². The predicted octanol–water partition coefficient (Wildman–Crippen LogP) is 3.78. The zero-order valence-corrected chi connectivity index (χ0v) is 18.9. The molecule has 2 heterocycles. The van der Waals surface area contributed by atoms with E-state index in [9.17, 15) is 0 Å². The van der Waals surface area contributed by atoms with E-state index in [1.807, 2.05) is 0 Å². The van der Waals surface area contributed by atoms with Gasteiger partial charge in [-0.2, -0.15) is 0 Å². The number of aryl methyl sites for hydroxylation is 1. The number of hydrogen-bond donors (Lipinski definition) is 2. The smallest absolute Gasteiger partial charge is 0.191 e. The van der Waals surface area contributed by atoms with Crippen LogP contribution < -0.4 is 15.4 Å². The fourth-order valence-corrected chi connectivity index (χ4v) is 3.92. The Bertz CT molecular complexity index is 836. The van der Waals surface area contributed by atoms with Gasteiger partial charge in [0, 0.05) is 36.4 Å². The molecule has 0 bridgehead atoms. The van der Waals surface area contributed by atoms with Crippen LogP contribution in [0.15, 0.2) is 28.6 Å². The molecule has 1 aliphatic heterocycles. The summed E-state index contributed by atoms with van der Waals surface area (Å²) in [6.45, 7) is 11.3. The van der Waals surface area contributed by atoms with Crippen molar-refractivity contribution in [1.29, 1.82) is 0 Å². The summed E-state index contributed by atoms with van der Waals surface area (Å²) in [5.41, 5.74) is 3.40. The highest BCUT2D eigenvalue weighted by Gasteiger charge is 2.19. The molecule has 2 N–H and O–H groups in total. The van der Waals surface area contributed by atoms with Gasteiger partial charge in [0.15, 0.2) is 5.96 Å². The number of thiazole rings is 1. The third kappa shape index (κ3) is 6.18. The first-order valence-corrected chi connectivity index (χ1v) is 11.0. The molecule has 0 saturated carbocycles. The molecule has 6 nitrogen and oxygen atoms in total. The van der Waals surface area contributed by atoms with Crippen LogP contribution in [-0.4, -0.2) is 37.3 Å². The first kappa shape index (κ1) is 21.6. The normalized spacial score (nSPS) is 17.4. The van der Waals surface area contributed by atoms with E-state index in [0.29, 0.717) is 19.7 Å². The van der Waals surface area contributed by atoms with Crippen molar-refractivity contribution < 1.29 is 9.47 Å². The van der Waals surface area contributed by atoms with Crippen LogP contribution in [0.2, 0.25) is 0 Å². The van der Waals surface area contributed by atoms with Gasteiger partial charge in [-0.05, 0) is 18.6 Å². The maximum atomic E-state index is 6.18. The lowest BCUT2D eigenvalue weighted by molar-refractivity contribution is 0.140. The number of rotatable bonds is 6. The minimum atomic E-state index is 0.0784. The van der Waals surface area contributed by atoms with Crippen molar-refractivity contribution >= 4 is 17.3 Å². The van der Waals surface area contributed by atoms with E-state index in [2.05, 4.69) is 66.9 Å². The number of guanidine groups is 1. The Morgan fingerprint density at radius 1 is 1.31 bits per heavy atom. The largest absolute Gasteiger partial charge is 0.488 e. The number of nitrogens with one attached hydrogen (secondary N) is 2. The topological polar surface area (TPSA) is 67.8 Å². The Morgan fingerprint density at radius 3 is 2.76 bits per heavy atom. The molecule has 0 amide bonds. The van der Waals surface area contributed by atoms with Gasteiger partial charge >= 0.3 is 0 Å². The Kier molecular flexibility index (Phi) is 7.14. The van der Waals surface area contributed by atoms with Gasteiger partial charge in [0.25, 0.3) is 0 Å². The molecule has 1 aliphatic rings. The van der Waals surface area contributed by atoms with Crippen molar-refractivity contribution in [1.82, 2.24) is 15.6 Å². The summed E-state index contributed by atoms with van der Waals surface area (Å²) in [5.74, 6) is 1.66. The maximum Gasteiger partial charge on any atom is 0.191 e. The number of aliphatic imine (C=N–C) groups is 1. The second-order valence-electron chi connectivity index (χ2n) is 8.39. The molecule has 1 saturated heterocycles. The highest BCUT2D eigenvalue weighted by Crippen LogP contribution is 2.26.